The number of hydrogen-bond donors (Lipinski definition) is 2. The Morgan fingerprint density at radius 2 is 1.79 bits per heavy atom. The van der Waals surface area contributed by atoms with Crippen molar-refractivity contribution in [3.05, 3.63) is 76.7 Å². The highest BCUT2D eigenvalue weighted by Crippen LogP contribution is 2.28. The molecule has 0 aliphatic heterocycles. The molecule has 3 rings (SSSR count). The van der Waals surface area contributed by atoms with E-state index in [0.29, 0.717) is 22.3 Å². The lowest BCUT2D eigenvalue weighted by atomic mass is 10.2. The quantitative estimate of drug-likeness (QED) is 0.427. The summed E-state index contributed by atoms with van der Waals surface area (Å²) in [7, 11) is 1.36. The number of aryl methyl sites for hydroxylation is 1. The fraction of sp³-hybridized carbons (Fsp3) is 0.143. The van der Waals surface area contributed by atoms with Crippen molar-refractivity contribution in [3.8, 4) is 5.75 Å². The SMILES string of the molecule is COC(=O)c1cc(C)sc1NC(=S)Nc1ccc(OCc2ccccc2)cc1. The first-order chi connectivity index (χ1) is 13.5. The molecule has 0 aliphatic rings. The Morgan fingerprint density at radius 1 is 1.07 bits per heavy atom. The molecule has 0 radical (unpaired) electrons. The van der Waals surface area contributed by atoms with E-state index in [1.54, 1.807) is 6.07 Å². The summed E-state index contributed by atoms with van der Waals surface area (Å²) in [4.78, 5) is 12.8. The first-order valence-electron chi connectivity index (χ1n) is 8.58. The van der Waals surface area contributed by atoms with Crippen molar-refractivity contribution in [2.24, 2.45) is 0 Å². The number of hydrogen-bond acceptors (Lipinski definition) is 5. The molecule has 1 heterocycles. The molecular weight excluding hydrogens is 392 g/mol. The Hall–Kier alpha value is -2.90. The number of anilines is 2. The number of ether oxygens (including phenoxy) is 2. The molecule has 0 unspecified atom stereocenters. The van der Waals surface area contributed by atoms with Gasteiger partial charge < -0.3 is 20.1 Å². The highest BCUT2D eigenvalue weighted by Gasteiger charge is 2.16. The van der Waals surface area contributed by atoms with Gasteiger partial charge in [0.2, 0.25) is 0 Å². The van der Waals surface area contributed by atoms with Gasteiger partial charge in [0.05, 0.1) is 12.7 Å². The molecule has 28 heavy (non-hydrogen) atoms. The van der Waals surface area contributed by atoms with Gasteiger partial charge in [-0.15, -0.1) is 11.3 Å². The molecule has 0 spiro atoms. The molecule has 0 bridgehead atoms. The highest BCUT2D eigenvalue weighted by atomic mass is 32.1. The van der Waals surface area contributed by atoms with E-state index >= 15 is 0 Å². The summed E-state index contributed by atoms with van der Waals surface area (Å²) in [5.41, 5.74) is 2.40. The molecule has 144 valence electrons. The van der Waals surface area contributed by atoms with Crippen LogP contribution in [-0.4, -0.2) is 18.2 Å². The Morgan fingerprint density at radius 3 is 2.46 bits per heavy atom. The van der Waals surface area contributed by atoms with Crippen molar-refractivity contribution in [3.63, 3.8) is 0 Å². The second-order valence-corrected chi connectivity index (χ2v) is 7.63. The summed E-state index contributed by atoms with van der Waals surface area (Å²) < 4.78 is 10.6. The van der Waals surface area contributed by atoms with Gasteiger partial charge in [0, 0.05) is 10.6 Å². The van der Waals surface area contributed by atoms with Crippen LogP contribution in [0.5, 0.6) is 5.75 Å². The summed E-state index contributed by atoms with van der Waals surface area (Å²) in [6.45, 7) is 2.44. The summed E-state index contributed by atoms with van der Waals surface area (Å²) in [6.07, 6.45) is 0. The number of nitrogens with one attached hydrogen (secondary N) is 2. The van der Waals surface area contributed by atoms with Crippen molar-refractivity contribution < 1.29 is 14.3 Å². The average Bonchev–Trinajstić information content (AvgIpc) is 3.07. The van der Waals surface area contributed by atoms with E-state index in [-0.39, 0.29) is 0 Å². The van der Waals surface area contributed by atoms with Gasteiger partial charge in [0.25, 0.3) is 0 Å². The van der Waals surface area contributed by atoms with Gasteiger partial charge in [-0.1, -0.05) is 30.3 Å². The third-order valence-corrected chi connectivity index (χ3v) is 5.02. The molecule has 1 aromatic heterocycles. The minimum Gasteiger partial charge on any atom is -0.489 e. The molecule has 7 heteroatoms. The van der Waals surface area contributed by atoms with Crippen LogP contribution in [0.3, 0.4) is 0 Å². The summed E-state index contributed by atoms with van der Waals surface area (Å²) in [6, 6.07) is 19.3. The van der Waals surface area contributed by atoms with E-state index in [0.717, 1.165) is 21.9 Å². The zero-order valence-corrected chi connectivity index (χ0v) is 17.2. The Balaban J connectivity index is 1.57. The number of methoxy groups -OCH3 is 1. The molecule has 3 aromatic rings. The number of benzene rings is 2. The number of thiocarbonyl (C=S) groups is 1. The first-order valence-corrected chi connectivity index (χ1v) is 9.81. The summed E-state index contributed by atoms with van der Waals surface area (Å²) in [5.74, 6) is 0.379. The van der Waals surface area contributed by atoms with Gasteiger partial charge in [0.15, 0.2) is 5.11 Å². The van der Waals surface area contributed by atoms with Crippen LogP contribution in [0.25, 0.3) is 0 Å². The molecule has 5 nitrogen and oxygen atoms in total. The zero-order chi connectivity index (χ0) is 19.9. The molecular formula is C21H20N2O3S2. The summed E-state index contributed by atoms with van der Waals surface area (Å²) >= 11 is 6.80. The second-order valence-electron chi connectivity index (χ2n) is 5.97. The topological polar surface area (TPSA) is 59.6 Å². The number of carbonyl (C=O) groups is 1. The lowest BCUT2D eigenvalue weighted by Gasteiger charge is -2.11. The molecule has 0 saturated heterocycles. The van der Waals surface area contributed by atoms with Gasteiger partial charge in [-0.2, -0.15) is 0 Å². The molecule has 2 aromatic carbocycles. The fourth-order valence-corrected chi connectivity index (χ4v) is 3.70. The van der Waals surface area contributed by atoms with Crippen molar-refractivity contribution in [2.75, 3.05) is 17.7 Å². The van der Waals surface area contributed by atoms with Crippen molar-refractivity contribution in [2.45, 2.75) is 13.5 Å². The van der Waals surface area contributed by atoms with Gasteiger partial charge >= 0.3 is 5.97 Å². The smallest absolute Gasteiger partial charge is 0.340 e. The number of carbonyl (C=O) groups excluding carboxylic acids is 1. The van der Waals surface area contributed by atoms with Gasteiger partial charge in [0.1, 0.15) is 17.4 Å². The van der Waals surface area contributed by atoms with Crippen LogP contribution in [0.1, 0.15) is 20.8 Å². The van der Waals surface area contributed by atoms with E-state index in [2.05, 4.69) is 10.6 Å². The van der Waals surface area contributed by atoms with Crippen LogP contribution in [0, 0.1) is 6.92 Å². The van der Waals surface area contributed by atoms with E-state index in [1.807, 2.05) is 61.5 Å². The third kappa shape index (κ3) is 5.31. The third-order valence-electron chi connectivity index (χ3n) is 3.85. The second kappa shape index (κ2) is 9.34. The van der Waals surface area contributed by atoms with Gasteiger partial charge in [-0.25, -0.2) is 4.79 Å². The molecule has 0 aliphatic carbocycles. The number of esters is 1. The minimum atomic E-state index is -0.394. The zero-order valence-electron chi connectivity index (χ0n) is 15.5. The van der Waals surface area contributed by atoms with Crippen molar-refractivity contribution in [1.82, 2.24) is 0 Å². The Labute approximate surface area is 173 Å². The van der Waals surface area contributed by atoms with Crippen LogP contribution in [0.4, 0.5) is 10.7 Å². The van der Waals surface area contributed by atoms with E-state index in [4.69, 9.17) is 21.7 Å². The van der Waals surface area contributed by atoms with Crippen LogP contribution in [-0.2, 0) is 11.3 Å². The fourth-order valence-electron chi connectivity index (χ4n) is 2.51. The molecule has 0 amide bonds. The molecule has 0 fully saturated rings. The Bertz CT molecular complexity index is 954. The minimum absolute atomic E-state index is 0.393. The van der Waals surface area contributed by atoms with Crippen LogP contribution in [0.15, 0.2) is 60.7 Å². The van der Waals surface area contributed by atoms with Gasteiger partial charge in [-0.3, -0.25) is 0 Å². The maximum atomic E-state index is 11.9. The molecule has 0 atom stereocenters. The predicted molar refractivity (Wildman–Crippen MR) is 117 cm³/mol. The maximum absolute atomic E-state index is 11.9. The normalized spacial score (nSPS) is 10.2. The Kier molecular flexibility index (Phi) is 6.62. The van der Waals surface area contributed by atoms with Crippen LogP contribution in [0.2, 0.25) is 0 Å². The van der Waals surface area contributed by atoms with Crippen molar-refractivity contribution in [1.29, 1.82) is 0 Å². The van der Waals surface area contributed by atoms with E-state index in [9.17, 15) is 4.79 Å². The maximum Gasteiger partial charge on any atom is 0.340 e. The first kappa shape index (κ1) is 19.9. The van der Waals surface area contributed by atoms with Crippen LogP contribution >= 0.6 is 23.6 Å². The van der Waals surface area contributed by atoms with Gasteiger partial charge in [-0.05, 0) is 55.0 Å². The summed E-state index contributed by atoms with van der Waals surface area (Å²) in [5, 5.41) is 7.22. The highest BCUT2D eigenvalue weighted by molar-refractivity contribution is 7.80. The molecule has 2 N–H and O–H groups in total. The lowest BCUT2D eigenvalue weighted by molar-refractivity contribution is 0.0602. The van der Waals surface area contributed by atoms with E-state index < -0.39 is 5.97 Å². The number of rotatable bonds is 6. The average molecular weight is 413 g/mol. The van der Waals surface area contributed by atoms with Crippen LogP contribution < -0.4 is 15.4 Å². The number of thiophene rings is 1. The predicted octanol–water partition coefficient (Wildman–Crippen LogP) is 5.23. The lowest BCUT2D eigenvalue weighted by Crippen LogP contribution is -2.19. The van der Waals surface area contributed by atoms with E-state index in [1.165, 1.54) is 18.4 Å². The van der Waals surface area contributed by atoms with Crippen molar-refractivity contribution >= 4 is 45.3 Å². The molecule has 0 saturated carbocycles. The standard InChI is InChI=1S/C21H20N2O3S2/c1-14-12-18(20(24)25-2)19(28-14)23-21(27)22-16-8-10-17(11-9-16)26-13-15-6-4-3-5-7-15/h3-12H,13H2,1-2H3,(H2,22,23,27). The monoisotopic (exact) mass is 412 g/mol. The largest absolute Gasteiger partial charge is 0.489 e.